The highest BCUT2D eigenvalue weighted by atomic mass is 16.7. The summed E-state index contributed by atoms with van der Waals surface area (Å²) < 4.78 is 4.83. The van der Waals surface area contributed by atoms with Crippen LogP contribution in [-0.4, -0.2) is 17.2 Å². The van der Waals surface area contributed by atoms with Crippen molar-refractivity contribution in [3.8, 4) is 0 Å². The van der Waals surface area contributed by atoms with Crippen LogP contribution in [0.2, 0.25) is 0 Å². The number of carbonyl (C=O) groups excluding carboxylic acids is 1. The normalized spacial score (nSPS) is 15.4. The summed E-state index contributed by atoms with van der Waals surface area (Å²) in [4.78, 5) is 15.5. The van der Waals surface area contributed by atoms with E-state index in [1.807, 2.05) is 0 Å². The number of hydrazine groups is 1. The molecule has 0 atom stereocenters. The van der Waals surface area contributed by atoms with E-state index in [1.165, 1.54) is 12.5 Å². The molecule has 1 aliphatic rings. The second-order valence-electron chi connectivity index (χ2n) is 2.30. The van der Waals surface area contributed by atoms with Crippen molar-refractivity contribution in [3.63, 3.8) is 0 Å². The van der Waals surface area contributed by atoms with Crippen LogP contribution in [0.25, 0.3) is 0 Å². The molecule has 1 amide bonds. The Morgan fingerprint density at radius 3 is 2.91 bits per heavy atom. The van der Waals surface area contributed by atoms with Crippen LogP contribution < -0.4 is 5.59 Å². The molecule has 0 aliphatic carbocycles. The Balaban J connectivity index is 2.35. The summed E-state index contributed by atoms with van der Waals surface area (Å²) in [5.41, 5.74) is 2.31. The van der Waals surface area contributed by atoms with E-state index in [0.717, 1.165) is 5.01 Å². The van der Waals surface area contributed by atoms with Crippen LogP contribution >= 0.6 is 0 Å². The first-order valence-corrected chi connectivity index (χ1v) is 3.28. The SMILES string of the molecule is CC(C)OC(=O)N1C=CON1. The Bertz CT molecular complexity index is 179. The third kappa shape index (κ3) is 2.12. The van der Waals surface area contributed by atoms with E-state index in [9.17, 15) is 4.79 Å². The monoisotopic (exact) mass is 158 g/mol. The zero-order valence-electron chi connectivity index (χ0n) is 6.40. The predicted octanol–water partition coefficient (Wildman–Crippen LogP) is 0.754. The molecule has 0 saturated heterocycles. The number of nitrogens with zero attached hydrogens (tertiary/aromatic N) is 1. The van der Waals surface area contributed by atoms with Gasteiger partial charge in [0.05, 0.1) is 12.3 Å². The van der Waals surface area contributed by atoms with Gasteiger partial charge in [-0.1, -0.05) is 5.59 Å². The number of amides is 1. The Kier molecular flexibility index (Phi) is 2.32. The third-order valence-corrected chi connectivity index (χ3v) is 0.962. The van der Waals surface area contributed by atoms with Crippen LogP contribution in [0.4, 0.5) is 4.79 Å². The first kappa shape index (κ1) is 7.87. The molecule has 1 heterocycles. The van der Waals surface area contributed by atoms with E-state index in [4.69, 9.17) is 4.74 Å². The van der Waals surface area contributed by atoms with Crippen LogP contribution in [0.15, 0.2) is 12.5 Å². The maximum atomic E-state index is 11.0. The molecule has 0 spiro atoms. The van der Waals surface area contributed by atoms with Crippen molar-refractivity contribution in [2.75, 3.05) is 0 Å². The Labute approximate surface area is 64.5 Å². The van der Waals surface area contributed by atoms with Gasteiger partial charge in [-0.25, -0.2) is 4.79 Å². The zero-order valence-corrected chi connectivity index (χ0v) is 6.40. The van der Waals surface area contributed by atoms with Gasteiger partial charge in [0.15, 0.2) is 0 Å². The van der Waals surface area contributed by atoms with Crippen molar-refractivity contribution in [2.24, 2.45) is 0 Å². The second-order valence-corrected chi connectivity index (χ2v) is 2.30. The molecular formula is C6H10N2O3. The summed E-state index contributed by atoms with van der Waals surface area (Å²) in [7, 11) is 0. The minimum Gasteiger partial charge on any atom is -0.445 e. The van der Waals surface area contributed by atoms with E-state index in [1.54, 1.807) is 13.8 Å². The topological polar surface area (TPSA) is 50.8 Å². The van der Waals surface area contributed by atoms with E-state index in [-0.39, 0.29) is 6.10 Å². The quantitative estimate of drug-likeness (QED) is 0.612. The van der Waals surface area contributed by atoms with Gasteiger partial charge >= 0.3 is 6.09 Å². The number of rotatable bonds is 1. The molecule has 1 aliphatic heterocycles. The first-order chi connectivity index (χ1) is 5.20. The molecule has 62 valence electrons. The number of ether oxygens (including phenoxy) is 1. The minimum absolute atomic E-state index is 0.127. The molecule has 1 N–H and O–H groups in total. The third-order valence-electron chi connectivity index (χ3n) is 0.962. The molecule has 0 bridgehead atoms. The van der Waals surface area contributed by atoms with Gasteiger partial charge in [0.1, 0.15) is 6.26 Å². The summed E-state index contributed by atoms with van der Waals surface area (Å²) in [6, 6.07) is 0. The molecule has 0 radical (unpaired) electrons. The van der Waals surface area contributed by atoms with Gasteiger partial charge < -0.3 is 9.57 Å². The van der Waals surface area contributed by atoms with Gasteiger partial charge in [-0.3, -0.25) is 0 Å². The van der Waals surface area contributed by atoms with E-state index >= 15 is 0 Å². The van der Waals surface area contributed by atoms with Crippen molar-refractivity contribution in [1.82, 2.24) is 10.6 Å². The van der Waals surface area contributed by atoms with Crippen LogP contribution in [0, 0.1) is 0 Å². The fourth-order valence-corrected chi connectivity index (χ4v) is 0.565. The lowest BCUT2D eigenvalue weighted by atomic mass is 10.5. The molecule has 5 heteroatoms. The van der Waals surface area contributed by atoms with Gasteiger partial charge in [0.2, 0.25) is 0 Å². The molecule has 0 fully saturated rings. The maximum absolute atomic E-state index is 11.0. The van der Waals surface area contributed by atoms with E-state index in [0.29, 0.717) is 0 Å². The van der Waals surface area contributed by atoms with E-state index in [2.05, 4.69) is 10.4 Å². The molecule has 11 heavy (non-hydrogen) atoms. The summed E-state index contributed by atoms with van der Waals surface area (Å²) in [5.74, 6) is 0. The maximum Gasteiger partial charge on any atom is 0.431 e. The standard InChI is InChI=1S/C6H10N2O3/c1-5(2)11-6(9)8-3-4-10-7-8/h3-5,7H,1-2H3. The van der Waals surface area contributed by atoms with Gasteiger partial charge in [-0.05, 0) is 13.8 Å². The first-order valence-electron chi connectivity index (χ1n) is 3.28. The average Bonchev–Trinajstić information content (AvgIpc) is 2.35. The average molecular weight is 158 g/mol. The van der Waals surface area contributed by atoms with E-state index < -0.39 is 6.09 Å². The van der Waals surface area contributed by atoms with Crippen LogP contribution in [0.3, 0.4) is 0 Å². The van der Waals surface area contributed by atoms with Crippen molar-refractivity contribution < 1.29 is 14.4 Å². The fraction of sp³-hybridized carbons (Fsp3) is 0.500. The highest BCUT2D eigenvalue weighted by Gasteiger charge is 2.16. The Morgan fingerprint density at radius 1 is 1.73 bits per heavy atom. The zero-order chi connectivity index (χ0) is 8.27. The lowest BCUT2D eigenvalue weighted by Gasteiger charge is -2.13. The van der Waals surface area contributed by atoms with Gasteiger partial charge in [0.25, 0.3) is 0 Å². The number of carbonyl (C=O) groups is 1. The number of hydrogen-bond acceptors (Lipinski definition) is 4. The molecular weight excluding hydrogens is 148 g/mol. The number of nitrogens with one attached hydrogen (secondary N) is 1. The van der Waals surface area contributed by atoms with Gasteiger partial charge in [-0.2, -0.15) is 5.01 Å². The molecule has 0 unspecified atom stereocenters. The highest BCUT2D eigenvalue weighted by molar-refractivity contribution is 5.68. The Morgan fingerprint density at radius 2 is 2.45 bits per heavy atom. The van der Waals surface area contributed by atoms with Crippen molar-refractivity contribution in [2.45, 2.75) is 20.0 Å². The van der Waals surface area contributed by atoms with Crippen LogP contribution in [0.1, 0.15) is 13.8 Å². The van der Waals surface area contributed by atoms with Gasteiger partial charge in [0, 0.05) is 0 Å². The summed E-state index contributed by atoms with van der Waals surface area (Å²) in [6.07, 6.45) is 2.18. The predicted molar refractivity (Wildman–Crippen MR) is 36.8 cm³/mol. The fourth-order valence-electron chi connectivity index (χ4n) is 0.565. The van der Waals surface area contributed by atoms with Crippen molar-refractivity contribution in [1.29, 1.82) is 0 Å². The highest BCUT2D eigenvalue weighted by Crippen LogP contribution is 2.00. The van der Waals surface area contributed by atoms with Crippen LogP contribution in [0.5, 0.6) is 0 Å². The number of hydrogen-bond donors (Lipinski definition) is 1. The molecule has 0 saturated carbocycles. The minimum atomic E-state index is -0.478. The summed E-state index contributed by atoms with van der Waals surface area (Å²) >= 11 is 0. The van der Waals surface area contributed by atoms with Crippen molar-refractivity contribution in [3.05, 3.63) is 12.5 Å². The largest absolute Gasteiger partial charge is 0.445 e. The molecule has 5 nitrogen and oxygen atoms in total. The van der Waals surface area contributed by atoms with Gasteiger partial charge in [-0.15, -0.1) is 0 Å². The second kappa shape index (κ2) is 3.25. The molecule has 0 aromatic heterocycles. The molecule has 0 aromatic carbocycles. The summed E-state index contributed by atoms with van der Waals surface area (Å²) in [6.45, 7) is 3.55. The van der Waals surface area contributed by atoms with Crippen LogP contribution in [-0.2, 0) is 9.57 Å². The van der Waals surface area contributed by atoms with Crippen molar-refractivity contribution >= 4 is 6.09 Å². The smallest absolute Gasteiger partial charge is 0.431 e. The summed E-state index contributed by atoms with van der Waals surface area (Å²) in [5, 5.41) is 1.11. The molecule has 1 rings (SSSR count). The Hall–Kier alpha value is -1.23. The molecule has 0 aromatic rings. The lowest BCUT2D eigenvalue weighted by molar-refractivity contribution is 0.0145. The lowest BCUT2D eigenvalue weighted by Crippen LogP contribution is -2.35.